The molecule has 0 aliphatic rings. The van der Waals surface area contributed by atoms with Crippen LogP contribution >= 0.6 is 0 Å². The Balaban J connectivity index is 2.99. The van der Waals surface area contributed by atoms with Gasteiger partial charge in [0.05, 0.1) is 4.92 Å². The van der Waals surface area contributed by atoms with Crippen LogP contribution in [0.1, 0.15) is 0 Å². The lowest BCUT2D eigenvalue weighted by atomic mass is 10.4. The summed E-state index contributed by atoms with van der Waals surface area (Å²) in [6, 6.07) is 0. The van der Waals surface area contributed by atoms with Gasteiger partial charge in [-0.25, -0.2) is 19.6 Å². The number of ether oxygens (including phenoxy) is 1. The molecule has 0 saturated carbocycles. The molecule has 0 fully saturated rings. The number of aromatic nitrogens is 2. The number of alkyl halides is 4. The Kier molecular flexibility index (Phi) is 4.37. The summed E-state index contributed by atoms with van der Waals surface area (Å²) in [5, 5.41) is 10.7. The van der Waals surface area contributed by atoms with Gasteiger partial charge < -0.3 is 10.2 Å². The predicted molar refractivity (Wildman–Crippen MR) is 52.9 cm³/mol. The van der Waals surface area contributed by atoms with E-state index in [0.717, 1.165) is 6.33 Å². The average molecular weight is 285 g/mol. The molecule has 0 aliphatic heterocycles. The van der Waals surface area contributed by atoms with E-state index in [2.05, 4.69) is 14.7 Å². The summed E-state index contributed by atoms with van der Waals surface area (Å²) in [4.78, 5) is 16.2. The van der Waals surface area contributed by atoms with Crippen molar-refractivity contribution in [3.63, 3.8) is 0 Å². The molecule has 0 radical (unpaired) electrons. The third-order valence-corrected chi connectivity index (χ3v) is 1.83. The number of hydrogen-bond acceptors (Lipinski definition) is 7. The van der Waals surface area contributed by atoms with Crippen LogP contribution in [0.5, 0.6) is 5.88 Å². The van der Waals surface area contributed by atoms with Crippen molar-refractivity contribution in [3.8, 4) is 5.88 Å². The molecule has 3 N–H and O–H groups in total. The lowest BCUT2D eigenvalue weighted by molar-refractivity contribution is -0.385. The summed E-state index contributed by atoms with van der Waals surface area (Å²) in [6.07, 6.45) is -3.24. The van der Waals surface area contributed by atoms with Crippen LogP contribution in [0.2, 0.25) is 0 Å². The summed E-state index contributed by atoms with van der Waals surface area (Å²) in [7, 11) is 0. The quantitative estimate of drug-likeness (QED) is 0.346. The third kappa shape index (κ3) is 3.37. The van der Waals surface area contributed by atoms with Crippen molar-refractivity contribution in [2.24, 2.45) is 5.84 Å². The minimum Gasteiger partial charge on any atom is -0.466 e. The van der Waals surface area contributed by atoms with Crippen molar-refractivity contribution in [2.45, 2.75) is 12.3 Å². The molecule has 106 valence electrons. The molecule has 0 spiro atoms. The fourth-order valence-corrected chi connectivity index (χ4v) is 0.966. The van der Waals surface area contributed by atoms with Gasteiger partial charge in [-0.1, -0.05) is 0 Å². The van der Waals surface area contributed by atoms with E-state index in [0.29, 0.717) is 0 Å². The Labute approximate surface area is 102 Å². The zero-order valence-electron chi connectivity index (χ0n) is 9.02. The summed E-state index contributed by atoms with van der Waals surface area (Å²) in [5.74, 6) is -0.944. The number of hydrazine groups is 1. The van der Waals surface area contributed by atoms with Crippen LogP contribution in [-0.4, -0.2) is 33.8 Å². The van der Waals surface area contributed by atoms with Crippen molar-refractivity contribution in [1.82, 2.24) is 9.97 Å². The molecule has 0 atom stereocenters. The van der Waals surface area contributed by atoms with Crippen LogP contribution in [0, 0.1) is 10.1 Å². The number of rotatable bonds is 6. The summed E-state index contributed by atoms with van der Waals surface area (Å²) < 4.78 is 53.3. The minimum absolute atomic E-state index is 0.504. The standard InChI is InChI=1S/C7H7F4N5O3/c8-6(9)7(10,11)1-19-5-3(16(17)18)4(15-12)13-2-14-5/h2,6H,1,12H2,(H,13,14,15). The molecule has 0 amide bonds. The maximum atomic E-state index is 12.6. The first kappa shape index (κ1) is 14.8. The highest BCUT2D eigenvalue weighted by molar-refractivity contribution is 5.60. The molecule has 12 heteroatoms. The minimum atomic E-state index is -4.46. The first-order valence-electron chi connectivity index (χ1n) is 4.54. The summed E-state index contributed by atoms with van der Waals surface area (Å²) >= 11 is 0. The van der Waals surface area contributed by atoms with Gasteiger partial charge in [0, 0.05) is 0 Å². The Morgan fingerprint density at radius 2 is 2.16 bits per heavy atom. The monoisotopic (exact) mass is 285 g/mol. The Hall–Kier alpha value is -2.24. The van der Waals surface area contributed by atoms with E-state index >= 15 is 0 Å². The zero-order chi connectivity index (χ0) is 14.6. The van der Waals surface area contributed by atoms with Crippen molar-refractivity contribution in [2.75, 3.05) is 12.0 Å². The molecule has 0 saturated heterocycles. The van der Waals surface area contributed by atoms with Gasteiger partial charge in [-0.15, -0.1) is 0 Å². The zero-order valence-corrected chi connectivity index (χ0v) is 9.02. The molecule has 8 nitrogen and oxygen atoms in total. The molecule has 1 aromatic heterocycles. The largest absolute Gasteiger partial charge is 0.466 e. The van der Waals surface area contributed by atoms with E-state index in [9.17, 15) is 27.7 Å². The fourth-order valence-electron chi connectivity index (χ4n) is 0.966. The van der Waals surface area contributed by atoms with E-state index in [1.165, 1.54) is 0 Å². The smallest absolute Gasteiger partial charge is 0.374 e. The molecule has 1 rings (SSSR count). The van der Waals surface area contributed by atoms with Gasteiger partial charge in [-0.2, -0.15) is 13.8 Å². The van der Waals surface area contributed by atoms with Crippen molar-refractivity contribution < 1.29 is 27.2 Å². The number of nitrogens with two attached hydrogens (primary N) is 1. The van der Waals surface area contributed by atoms with E-state index in [1.54, 1.807) is 0 Å². The number of nitrogens with one attached hydrogen (secondary N) is 1. The van der Waals surface area contributed by atoms with E-state index in [4.69, 9.17) is 5.84 Å². The molecule has 0 aromatic carbocycles. The Morgan fingerprint density at radius 3 is 2.63 bits per heavy atom. The normalized spacial score (nSPS) is 11.5. The number of hydrogen-bond donors (Lipinski definition) is 2. The highest BCUT2D eigenvalue weighted by Crippen LogP contribution is 2.32. The third-order valence-electron chi connectivity index (χ3n) is 1.83. The van der Waals surface area contributed by atoms with Crippen LogP contribution in [0.25, 0.3) is 0 Å². The van der Waals surface area contributed by atoms with Gasteiger partial charge in [0.1, 0.15) is 6.33 Å². The molecule has 0 bridgehead atoms. The Morgan fingerprint density at radius 1 is 1.53 bits per heavy atom. The second-order valence-electron chi connectivity index (χ2n) is 3.13. The van der Waals surface area contributed by atoms with Gasteiger partial charge >= 0.3 is 18.0 Å². The van der Waals surface area contributed by atoms with Gasteiger partial charge in [0.25, 0.3) is 5.88 Å². The highest BCUT2D eigenvalue weighted by Gasteiger charge is 2.42. The first-order valence-corrected chi connectivity index (χ1v) is 4.54. The van der Waals surface area contributed by atoms with Crippen LogP contribution in [0.3, 0.4) is 0 Å². The van der Waals surface area contributed by atoms with Gasteiger partial charge in [0.15, 0.2) is 6.61 Å². The second kappa shape index (κ2) is 5.60. The van der Waals surface area contributed by atoms with Crippen LogP contribution in [0.15, 0.2) is 6.33 Å². The number of halogens is 4. The van der Waals surface area contributed by atoms with Gasteiger partial charge in [-0.3, -0.25) is 10.1 Å². The van der Waals surface area contributed by atoms with Crippen LogP contribution < -0.4 is 16.0 Å². The van der Waals surface area contributed by atoms with Gasteiger partial charge in [-0.05, 0) is 0 Å². The van der Waals surface area contributed by atoms with Crippen LogP contribution in [-0.2, 0) is 0 Å². The number of nitrogen functional groups attached to an aromatic ring is 1. The molecule has 0 unspecified atom stereocenters. The summed E-state index contributed by atoms with van der Waals surface area (Å²) in [5.41, 5.74) is 0.894. The molecule has 19 heavy (non-hydrogen) atoms. The lowest BCUT2D eigenvalue weighted by Gasteiger charge is -2.15. The maximum Gasteiger partial charge on any atom is 0.374 e. The molecule has 0 aliphatic carbocycles. The molecular formula is C7H7F4N5O3. The van der Waals surface area contributed by atoms with E-state index < -0.39 is 41.3 Å². The number of nitro groups is 1. The topological polar surface area (TPSA) is 116 Å². The van der Waals surface area contributed by atoms with Crippen molar-refractivity contribution in [3.05, 3.63) is 16.4 Å². The average Bonchev–Trinajstić information content (AvgIpc) is 2.35. The number of nitrogens with zero attached hydrogens (tertiary/aromatic N) is 3. The van der Waals surface area contributed by atoms with Crippen LogP contribution in [0.4, 0.5) is 29.1 Å². The van der Waals surface area contributed by atoms with E-state index in [-0.39, 0.29) is 0 Å². The lowest BCUT2D eigenvalue weighted by Crippen LogP contribution is -2.34. The maximum absolute atomic E-state index is 12.6. The molecule has 1 aromatic rings. The van der Waals surface area contributed by atoms with Crippen molar-refractivity contribution in [1.29, 1.82) is 0 Å². The molecular weight excluding hydrogens is 278 g/mol. The van der Waals surface area contributed by atoms with Crippen molar-refractivity contribution >= 4 is 11.5 Å². The molecule has 1 heterocycles. The SMILES string of the molecule is NNc1ncnc(OCC(F)(F)C(F)F)c1[N+](=O)[O-]. The first-order chi connectivity index (χ1) is 8.79. The second-order valence-corrected chi connectivity index (χ2v) is 3.13. The fraction of sp³-hybridized carbons (Fsp3) is 0.429. The predicted octanol–water partition coefficient (Wildman–Crippen LogP) is 0.950. The van der Waals surface area contributed by atoms with Gasteiger partial charge in [0.2, 0.25) is 5.82 Å². The van der Waals surface area contributed by atoms with E-state index in [1.807, 2.05) is 5.43 Å². The summed E-state index contributed by atoms with van der Waals surface area (Å²) in [6.45, 7) is -1.77. The highest BCUT2D eigenvalue weighted by atomic mass is 19.3. The Bertz CT molecular complexity index is 472. The number of anilines is 1.